The lowest BCUT2D eigenvalue weighted by Crippen LogP contribution is -2.25. The lowest BCUT2D eigenvalue weighted by atomic mass is 9.73. The number of benzene rings is 2. The highest BCUT2D eigenvalue weighted by molar-refractivity contribution is 6.05. The zero-order valence-corrected chi connectivity index (χ0v) is 12.1. The van der Waals surface area contributed by atoms with Crippen LogP contribution in [0.5, 0.6) is 5.75 Å². The third-order valence-electron chi connectivity index (χ3n) is 4.32. The SMILES string of the molecule is COc1c(C(=O)C2Cc3ccccc32)ccc(C)c1C. The molecule has 0 bridgehead atoms. The number of ketones is 1. The maximum Gasteiger partial charge on any atom is 0.174 e. The summed E-state index contributed by atoms with van der Waals surface area (Å²) in [6, 6.07) is 12.1. The largest absolute Gasteiger partial charge is 0.496 e. The smallest absolute Gasteiger partial charge is 0.174 e. The Morgan fingerprint density at radius 3 is 2.60 bits per heavy atom. The van der Waals surface area contributed by atoms with Crippen LogP contribution in [-0.2, 0) is 6.42 Å². The van der Waals surface area contributed by atoms with Gasteiger partial charge in [0, 0.05) is 0 Å². The molecule has 0 fully saturated rings. The van der Waals surface area contributed by atoms with Crippen LogP contribution in [0.1, 0.15) is 38.5 Å². The quantitative estimate of drug-likeness (QED) is 0.789. The van der Waals surface area contributed by atoms with Gasteiger partial charge in [-0.2, -0.15) is 0 Å². The van der Waals surface area contributed by atoms with Crippen molar-refractivity contribution in [3.63, 3.8) is 0 Å². The van der Waals surface area contributed by atoms with Crippen molar-refractivity contribution in [1.82, 2.24) is 0 Å². The number of methoxy groups -OCH3 is 1. The molecule has 1 atom stereocenters. The Morgan fingerprint density at radius 2 is 1.90 bits per heavy atom. The van der Waals surface area contributed by atoms with Crippen LogP contribution >= 0.6 is 0 Å². The fourth-order valence-corrected chi connectivity index (χ4v) is 2.93. The number of carbonyl (C=O) groups excluding carboxylic acids is 1. The molecule has 20 heavy (non-hydrogen) atoms. The highest BCUT2D eigenvalue weighted by atomic mass is 16.5. The molecule has 1 aliphatic rings. The Bertz CT molecular complexity index is 686. The lowest BCUT2D eigenvalue weighted by Gasteiger charge is -2.29. The van der Waals surface area contributed by atoms with E-state index in [9.17, 15) is 4.79 Å². The molecule has 3 rings (SSSR count). The molecule has 0 aromatic heterocycles. The Morgan fingerprint density at radius 1 is 1.15 bits per heavy atom. The molecule has 0 aliphatic heterocycles. The number of rotatable bonds is 3. The van der Waals surface area contributed by atoms with E-state index in [0.29, 0.717) is 5.56 Å². The Hall–Kier alpha value is -2.09. The Labute approximate surface area is 119 Å². The van der Waals surface area contributed by atoms with Gasteiger partial charge in [-0.3, -0.25) is 4.79 Å². The van der Waals surface area contributed by atoms with Gasteiger partial charge in [0.2, 0.25) is 0 Å². The van der Waals surface area contributed by atoms with E-state index in [-0.39, 0.29) is 11.7 Å². The maximum absolute atomic E-state index is 12.8. The van der Waals surface area contributed by atoms with Crippen LogP contribution in [0.4, 0.5) is 0 Å². The molecule has 1 aliphatic carbocycles. The second-order valence-electron chi connectivity index (χ2n) is 5.41. The molecule has 0 N–H and O–H groups in total. The first-order valence-electron chi connectivity index (χ1n) is 6.89. The summed E-state index contributed by atoms with van der Waals surface area (Å²) >= 11 is 0. The van der Waals surface area contributed by atoms with Crippen molar-refractivity contribution < 1.29 is 9.53 Å². The van der Waals surface area contributed by atoms with Crippen LogP contribution in [0, 0.1) is 13.8 Å². The number of fused-ring (bicyclic) bond motifs is 1. The fourth-order valence-electron chi connectivity index (χ4n) is 2.93. The van der Waals surface area contributed by atoms with E-state index in [1.807, 2.05) is 38.1 Å². The number of hydrogen-bond donors (Lipinski definition) is 0. The maximum atomic E-state index is 12.8. The van der Waals surface area contributed by atoms with E-state index in [0.717, 1.165) is 28.9 Å². The van der Waals surface area contributed by atoms with Gasteiger partial charge in [0.15, 0.2) is 5.78 Å². The van der Waals surface area contributed by atoms with Crippen molar-refractivity contribution in [3.05, 3.63) is 64.2 Å². The molecule has 1 unspecified atom stereocenters. The number of ether oxygens (including phenoxy) is 1. The summed E-state index contributed by atoms with van der Waals surface area (Å²) in [5, 5.41) is 0. The molecule has 0 radical (unpaired) electrons. The molecular formula is C18H18O2. The molecule has 2 nitrogen and oxygen atoms in total. The van der Waals surface area contributed by atoms with Gasteiger partial charge >= 0.3 is 0 Å². The summed E-state index contributed by atoms with van der Waals surface area (Å²) in [5.74, 6) is 0.880. The molecule has 0 heterocycles. The van der Waals surface area contributed by atoms with E-state index in [4.69, 9.17) is 4.74 Å². The van der Waals surface area contributed by atoms with Crippen molar-refractivity contribution >= 4 is 5.78 Å². The third-order valence-corrected chi connectivity index (χ3v) is 4.32. The summed E-state index contributed by atoms with van der Waals surface area (Å²) in [6.45, 7) is 4.03. The minimum atomic E-state index is -0.0118. The second kappa shape index (κ2) is 4.78. The van der Waals surface area contributed by atoms with Gasteiger partial charge in [0.1, 0.15) is 5.75 Å². The number of carbonyl (C=O) groups is 1. The van der Waals surface area contributed by atoms with Crippen LogP contribution in [-0.4, -0.2) is 12.9 Å². The summed E-state index contributed by atoms with van der Waals surface area (Å²) in [7, 11) is 1.63. The lowest BCUT2D eigenvalue weighted by molar-refractivity contribution is 0.0946. The van der Waals surface area contributed by atoms with E-state index in [1.165, 1.54) is 5.56 Å². The highest BCUT2D eigenvalue weighted by Crippen LogP contribution is 2.39. The summed E-state index contributed by atoms with van der Waals surface area (Å²) < 4.78 is 5.46. The van der Waals surface area contributed by atoms with Gasteiger partial charge < -0.3 is 4.74 Å². The average molecular weight is 266 g/mol. The molecule has 0 spiro atoms. The van der Waals surface area contributed by atoms with E-state index in [2.05, 4.69) is 12.1 Å². The molecule has 0 amide bonds. The average Bonchev–Trinajstić information content (AvgIpc) is 2.42. The van der Waals surface area contributed by atoms with Gasteiger partial charge in [-0.1, -0.05) is 30.3 Å². The predicted molar refractivity (Wildman–Crippen MR) is 79.7 cm³/mol. The van der Waals surface area contributed by atoms with Crippen molar-refractivity contribution in [2.24, 2.45) is 0 Å². The van der Waals surface area contributed by atoms with Crippen LogP contribution in [0.2, 0.25) is 0 Å². The molecule has 2 aromatic carbocycles. The second-order valence-corrected chi connectivity index (χ2v) is 5.41. The monoisotopic (exact) mass is 266 g/mol. The van der Waals surface area contributed by atoms with Gasteiger partial charge in [0.05, 0.1) is 18.6 Å². The number of Topliss-reactive ketones (excluding diaryl/α,β-unsaturated/α-hetero) is 1. The van der Waals surface area contributed by atoms with Crippen molar-refractivity contribution in [1.29, 1.82) is 0 Å². The first-order chi connectivity index (χ1) is 9.63. The Balaban J connectivity index is 1.99. The molecule has 0 saturated heterocycles. The topological polar surface area (TPSA) is 26.3 Å². The minimum absolute atomic E-state index is 0.0118. The third kappa shape index (κ3) is 1.83. The van der Waals surface area contributed by atoms with Crippen molar-refractivity contribution in [2.75, 3.05) is 7.11 Å². The molecule has 2 aromatic rings. The van der Waals surface area contributed by atoms with E-state index >= 15 is 0 Å². The molecule has 102 valence electrons. The minimum Gasteiger partial charge on any atom is -0.496 e. The summed E-state index contributed by atoms with van der Waals surface area (Å²) in [5.41, 5.74) is 5.35. The van der Waals surface area contributed by atoms with E-state index < -0.39 is 0 Å². The van der Waals surface area contributed by atoms with Gasteiger partial charge in [-0.25, -0.2) is 0 Å². The number of hydrogen-bond acceptors (Lipinski definition) is 2. The Kier molecular flexibility index (Phi) is 3.09. The fraction of sp³-hybridized carbons (Fsp3) is 0.278. The van der Waals surface area contributed by atoms with Crippen LogP contribution in [0.25, 0.3) is 0 Å². The standard InChI is InChI=1S/C18H18O2/c1-11-8-9-15(18(20-3)12(11)2)17(19)16-10-13-6-4-5-7-14(13)16/h4-9,16H,10H2,1-3H3. The predicted octanol–water partition coefficient (Wildman–Crippen LogP) is 3.83. The van der Waals surface area contributed by atoms with Crippen LogP contribution in [0.15, 0.2) is 36.4 Å². The summed E-state index contributed by atoms with van der Waals surface area (Å²) in [4.78, 5) is 12.8. The first-order valence-corrected chi connectivity index (χ1v) is 6.89. The highest BCUT2D eigenvalue weighted by Gasteiger charge is 2.33. The first kappa shape index (κ1) is 12.9. The van der Waals surface area contributed by atoms with Gasteiger partial charge in [0.25, 0.3) is 0 Å². The van der Waals surface area contributed by atoms with Crippen molar-refractivity contribution in [3.8, 4) is 5.75 Å². The van der Waals surface area contributed by atoms with E-state index in [1.54, 1.807) is 7.11 Å². The zero-order valence-electron chi connectivity index (χ0n) is 12.1. The van der Waals surface area contributed by atoms with Gasteiger partial charge in [-0.15, -0.1) is 0 Å². The normalized spacial score (nSPS) is 16.2. The zero-order chi connectivity index (χ0) is 14.3. The van der Waals surface area contributed by atoms with Crippen LogP contribution < -0.4 is 4.74 Å². The van der Waals surface area contributed by atoms with Crippen LogP contribution in [0.3, 0.4) is 0 Å². The number of aryl methyl sites for hydroxylation is 1. The van der Waals surface area contributed by atoms with Crippen molar-refractivity contribution in [2.45, 2.75) is 26.2 Å². The summed E-state index contributed by atoms with van der Waals surface area (Å²) in [6.07, 6.45) is 0.838. The molecule has 0 saturated carbocycles. The molecular weight excluding hydrogens is 248 g/mol. The molecule has 2 heteroatoms. The van der Waals surface area contributed by atoms with Gasteiger partial charge in [-0.05, 0) is 48.6 Å².